The number of hydrogen-bond acceptors (Lipinski definition) is 5. The van der Waals surface area contributed by atoms with E-state index in [-0.39, 0.29) is 12.3 Å². The number of H-pyrrole nitrogens is 1. The summed E-state index contributed by atoms with van der Waals surface area (Å²) in [5, 5.41) is 9.99. The molecule has 0 bridgehead atoms. The van der Waals surface area contributed by atoms with Crippen LogP contribution >= 0.6 is 12.2 Å². The molecule has 0 saturated carbocycles. The summed E-state index contributed by atoms with van der Waals surface area (Å²) in [6.45, 7) is 2.44. The van der Waals surface area contributed by atoms with Gasteiger partial charge in [0.25, 0.3) is 0 Å². The van der Waals surface area contributed by atoms with Crippen molar-refractivity contribution in [2.75, 3.05) is 5.32 Å². The fourth-order valence-corrected chi connectivity index (χ4v) is 3.20. The molecule has 9 heteroatoms. The van der Waals surface area contributed by atoms with Crippen molar-refractivity contribution in [1.82, 2.24) is 29.3 Å². The molecule has 0 saturated heterocycles. The number of carbonyl (C=O) groups is 1. The van der Waals surface area contributed by atoms with Crippen LogP contribution < -0.4 is 5.32 Å². The third-order valence-electron chi connectivity index (χ3n) is 4.40. The van der Waals surface area contributed by atoms with Gasteiger partial charge >= 0.3 is 0 Å². The summed E-state index contributed by atoms with van der Waals surface area (Å²) in [5.74, 6) is 1.33. The zero-order valence-corrected chi connectivity index (χ0v) is 16.6. The van der Waals surface area contributed by atoms with Crippen LogP contribution in [0.2, 0.25) is 0 Å². The van der Waals surface area contributed by atoms with Gasteiger partial charge in [-0.3, -0.25) is 19.0 Å². The van der Waals surface area contributed by atoms with Crippen LogP contribution in [-0.2, 0) is 11.3 Å². The minimum atomic E-state index is -0.125. The Bertz CT molecular complexity index is 1180. The molecule has 4 aromatic rings. The molecule has 0 radical (unpaired) electrons. The number of nitrogens with zero attached hydrogens (tertiary/aromatic N) is 5. The molecule has 2 N–H and O–H groups in total. The quantitative estimate of drug-likeness (QED) is 0.479. The predicted molar refractivity (Wildman–Crippen MR) is 112 cm³/mol. The first kappa shape index (κ1) is 18.8. The number of anilines is 1. The fourth-order valence-electron chi connectivity index (χ4n) is 2.97. The van der Waals surface area contributed by atoms with Crippen molar-refractivity contribution in [1.29, 1.82) is 0 Å². The van der Waals surface area contributed by atoms with E-state index in [0.29, 0.717) is 17.0 Å². The lowest BCUT2D eigenvalue weighted by atomic mass is 10.1. The summed E-state index contributed by atoms with van der Waals surface area (Å²) < 4.78 is 4.11. The lowest BCUT2D eigenvalue weighted by molar-refractivity contribution is -0.116. The summed E-state index contributed by atoms with van der Waals surface area (Å²) in [6.07, 6.45) is 7.04. The van der Waals surface area contributed by atoms with Crippen LogP contribution in [0.15, 0.2) is 61.3 Å². The second-order valence-electron chi connectivity index (χ2n) is 6.55. The van der Waals surface area contributed by atoms with Crippen LogP contribution in [0.4, 0.5) is 5.69 Å². The van der Waals surface area contributed by atoms with Crippen molar-refractivity contribution in [2.45, 2.75) is 19.9 Å². The molecule has 0 unspecified atom stereocenters. The smallest absolute Gasteiger partial charge is 0.226 e. The zero-order chi connectivity index (χ0) is 20.2. The molecular weight excluding hydrogens is 386 g/mol. The highest BCUT2D eigenvalue weighted by Gasteiger charge is 2.11. The third-order valence-corrected chi connectivity index (χ3v) is 4.71. The van der Waals surface area contributed by atoms with Gasteiger partial charge in [0.1, 0.15) is 12.1 Å². The molecule has 0 aliphatic heterocycles. The summed E-state index contributed by atoms with van der Waals surface area (Å²) in [7, 11) is 0. The second-order valence-corrected chi connectivity index (χ2v) is 6.93. The van der Waals surface area contributed by atoms with Crippen LogP contribution in [0.3, 0.4) is 0 Å². The van der Waals surface area contributed by atoms with E-state index in [2.05, 4.69) is 25.5 Å². The molecule has 4 rings (SSSR count). The van der Waals surface area contributed by atoms with Gasteiger partial charge in [-0.05, 0) is 37.3 Å². The van der Waals surface area contributed by atoms with Gasteiger partial charge in [-0.25, -0.2) is 9.97 Å². The van der Waals surface area contributed by atoms with Gasteiger partial charge in [0.2, 0.25) is 5.91 Å². The normalized spacial score (nSPS) is 10.8. The molecule has 0 fully saturated rings. The highest BCUT2D eigenvalue weighted by Crippen LogP contribution is 2.19. The van der Waals surface area contributed by atoms with Gasteiger partial charge in [-0.1, -0.05) is 23.8 Å². The molecule has 1 amide bonds. The van der Waals surface area contributed by atoms with Crippen LogP contribution in [0.1, 0.15) is 12.0 Å². The van der Waals surface area contributed by atoms with E-state index in [9.17, 15) is 4.79 Å². The number of imidazole rings is 1. The Balaban J connectivity index is 1.41. The van der Waals surface area contributed by atoms with E-state index < -0.39 is 0 Å². The van der Waals surface area contributed by atoms with E-state index in [4.69, 9.17) is 12.2 Å². The first-order valence-electron chi connectivity index (χ1n) is 9.06. The van der Waals surface area contributed by atoms with Crippen LogP contribution in [-0.4, -0.2) is 35.2 Å². The number of pyridine rings is 1. The lowest BCUT2D eigenvalue weighted by Gasteiger charge is -2.09. The van der Waals surface area contributed by atoms with Crippen molar-refractivity contribution in [3.63, 3.8) is 0 Å². The Hall–Kier alpha value is -3.59. The van der Waals surface area contributed by atoms with Gasteiger partial charge in [0.05, 0.1) is 11.9 Å². The Morgan fingerprint density at radius 3 is 2.90 bits per heavy atom. The molecule has 1 aromatic carbocycles. The summed E-state index contributed by atoms with van der Waals surface area (Å²) in [6, 6.07) is 11.6. The first-order valence-corrected chi connectivity index (χ1v) is 9.47. The molecule has 0 aliphatic carbocycles. The molecule has 0 atom stereocenters. The maximum Gasteiger partial charge on any atom is 0.226 e. The number of aromatic nitrogens is 6. The van der Waals surface area contributed by atoms with E-state index in [1.807, 2.05) is 47.9 Å². The number of benzene rings is 1. The van der Waals surface area contributed by atoms with Crippen molar-refractivity contribution < 1.29 is 4.79 Å². The second kappa shape index (κ2) is 8.19. The summed E-state index contributed by atoms with van der Waals surface area (Å²) >= 11 is 5.34. The number of nitrogens with one attached hydrogen (secondary N) is 2. The van der Waals surface area contributed by atoms with E-state index in [1.54, 1.807) is 29.5 Å². The monoisotopic (exact) mass is 405 g/mol. The number of carbonyl (C=O) groups excluding carboxylic acids is 1. The van der Waals surface area contributed by atoms with Crippen LogP contribution in [0.25, 0.3) is 17.2 Å². The molecule has 8 nitrogen and oxygen atoms in total. The molecule has 146 valence electrons. The van der Waals surface area contributed by atoms with Gasteiger partial charge in [-0.15, -0.1) is 0 Å². The molecule has 0 spiro atoms. The first-order chi connectivity index (χ1) is 14.1. The standard InChI is InChI=1S/C20H19N7OS/c1-14-3-2-4-15(11-14)19-24-25-20(29)27(19)9-7-18(28)23-16-5-6-17(22-12-16)26-10-8-21-13-26/h2-6,8,10-13H,7,9H2,1H3,(H,23,28)(H,25,29). The molecule has 3 aromatic heterocycles. The molecule has 3 heterocycles. The molecular formula is C20H19N7OS. The Morgan fingerprint density at radius 1 is 1.28 bits per heavy atom. The van der Waals surface area contributed by atoms with E-state index >= 15 is 0 Å². The summed E-state index contributed by atoms with van der Waals surface area (Å²) in [4.78, 5) is 20.7. The molecule has 0 aliphatic rings. The van der Waals surface area contributed by atoms with Gasteiger partial charge < -0.3 is 5.32 Å². The lowest BCUT2D eigenvalue weighted by Crippen LogP contribution is -2.15. The molecule has 29 heavy (non-hydrogen) atoms. The number of aromatic amines is 1. The minimum Gasteiger partial charge on any atom is -0.325 e. The van der Waals surface area contributed by atoms with E-state index in [1.165, 1.54) is 0 Å². The topological polar surface area (TPSA) is 93.4 Å². The number of aryl methyl sites for hydroxylation is 1. The highest BCUT2D eigenvalue weighted by atomic mass is 32.1. The SMILES string of the molecule is Cc1cccc(-c2n[nH]c(=S)n2CCC(=O)Nc2ccc(-n3ccnc3)nc2)c1. The minimum absolute atomic E-state index is 0.125. The number of amides is 1. The average Bonchev–Trinajstić information content (AvgIpc) is 3.37. The van der Waals surface area contributed by atoms with Crippen molar-refractivity contribution >= 4 is 23.8 Å². The zero-order valence-electron chi connectivity index (χ0n) is 15.7. The van der Waals surface area contributed by atoms with Crippen molar-refractivity contribution in [3.05, 3.63) is 71.7 Å². The Labute approximate surface area is 172 Å². The van der Waals surface area contributed by atoms with Gasteiger partial charge in [-0.2, -0.15) is 5.10 Å². The Morgan fingerprint density at radius 2 is 2.17 bits per heavy atom. The number of rotatable bonds is 6. The van der Waals surface area contributed by atoms with Crippen molar-refractivity contribution in [3.8, 4) is 17.2 Å². The van der Waals surface area contributed by atoms with Crippen LogP contribution in [0, 0.1) is 11.7 Å². The predicted octanol–water partition coefficient (Wildman–Crippen LogP) is 3.53. The largest absolute Gasteiger partial charge is 0.325 e. The third kappa shape index (κ3) is 4.30. The van der Waals surface area contributed by atoms with Crippen LogP contribution in [0.5, 0.6) is 0 Å². The average molecular weight is 405 g/mol. The highest BCUT2D eigenvalue weighted by molar-refractivity contribution is 7.71. The Kier molecular flexibility index (Phi) is 5.30. The van der Waals surface area contributed by atoms with Gasteiger partial charge in [0.15, 0.2) is 10.6 Å². The number of hydrogen-bond donors (Lipinski definition) is 2. The maximum atomic E-state index is 12.4. The van der Waals surface area contributed by atoms with Gasteiger partial charge in [0, 0.05) is 30.9 Å². The fraction of sp³-hybridized carbons (Fsp3) is 0.150. The van der Waals surface area contributed by atoms with Crippen molar-refractivity contribution in [2.24, 2.45) is 0 Å². The summed E-state index contributed by atoms with van der Waals surface area (Å²) in [5.41, 5.74) is 2.72. The van der Waals surface area contributed by atoms with E-state index in [0.717, 1.165) is 22.8 Å². The maximum absolute atomic E-state index is 12.4.